The van der Waals surface area contributed by atoms with Crippen LogP contribution >= 0.6 is 0 Å². The molecule has 27 heavy (non-hydrogen) atoms. The minimum atomic E-state index is -0.814. The summed E-state index contributed by atoms with van der Waals surface area (Å²) in [7, 11) is 1.62. The average Bonchev–Trinajstić information content (AvgIpc) is 2.67. The van der Waals surface area contributed by atoms with Crippen LogP contribution in [-0.4, -0.2) is 59.2 Å². The molecule has 0 radical (unpaired) electrons. The van der Waals surface area contributed by atoms with E-state index in [0.29, 0.717) is 45.4 Å². The van der Waals surface area contributed by atoms with Crippen LogP contribution in [0.4, 0.5) is 4.79 Å². The Morgan fingerprint density at radius 2 is 1.56 bits per heavy atom. The average molecular weight is 378 g/mol. The number of ether oxygens (including phenoxy) is 6. The van der Waals surface area contributed by atoms with E-state index in [1.54, 1.807) is 20.1 Å². The summed E-state index contributed by atoms with van der Waals surface area (Å²) in [6.45, 7) is 4.35. The van der Waals surface area contributed by atoms with E-state index in [1.807, 2.05) is 36.4 Å². The van der Waals surface area contributed by atoms with E-state index >= 15 is 0 Å². The molecular weight excluding hydrogens is 352 g/mol. The topological polar surface area (TPSA) is 72.5 Å². The zero-order valence-corrected chi connectivity index (χ0v) is 15.7. The molecule has 0 saturated carbocycles. The number of carbonyl (C=O) groups is 1. The maximum Gasteiger partial charge on any atom is 0.516 e. The fourth-order valence-corrected chi connectivity index (χ4v) is 2.31. The van der Waals surface area contributed by atoms with Gasteiger partial charge in [-0.25, -0.2) is 4.79 Å². The van der Waals surface area contributed by atoms with E-state index in [4.69, 9.17) is 28.4 Å². The summed E-state index contributed by atoms with van der Waals surface area (Å²) in [5, 5.41) is 1.82. The Morgan fingerprint density at radius 1 is 0.889 bits per heavy atom. The molecule has 0 fully saturated rings. The maximum absolute atomic E-state index is 11.9. The normalized spacial score (nSPS) is 12.1. The van der Waals surface area contributed by atoms with Gasteiger partial charge in [-0.05, 0) is 18.4 Å². The van der Waals surface area contributed by atoms with E-state index < -0.39 is 12.4 Å². The SMILES string of the molecule is COCCOCCOCCOC(C)OC(=O)Oc1cccc2ccccc12. The molecule has 0 heterocycles. The highest BCUT2D eigenvalue weighted by atomic mass is 16.8. The molecule has 0 bridgehead atoms. The fraction of sp³-hybridized carbons (Fsp3) is 0.450. The first-order chi connectivity index (χ1) is 13.2. The lowest BCUT2D eigenvalue weighted by atomic mass is 10.1. The van der Waals surface area contributed by atoms with Crippen molar-refractivity contribution in [1.82, 2.24) is 0 Å². The monoisotopic (exact) mass is 378 g/mol. The fourth-order valence-electron chi connectivity index (χ4n) is 2.31. The summed E-state index contributed by atoms with van der Waals surface area (Å²) in [4.78, 5) is 11.9. The van der Waals surface area contributed by atoms with Gasteiger partial charge in [-0.1, -0.05) is 36.4 Å². The molecule has 2 aromatic carbocycles. The van der Waals surface area contributed by atoms with E-state index in [1.165, 1.54) is 0 Å². The van der Waals surface area contributed by atoms with Crippen LogP contribution in [0.25, 0.3) is 10.8 Å². The highest BCUT2D eigenvalue weighted by molar-refractivity contribution is 5.89. The first-order valence-electron chi connectivity index (χ1n) is 8.83. The third-order valence-corrected chi connectivity index (χ3v) is 3.59. The van der Waals surface area contributed by atoms with Gasteiger partial charge in [0.2, 0.25) is 6.29 Å². The van der Waals surface area contributed by atoms with Gasteiger partial charge in [-0.2, -0.15) is 0 Å². The van der Waals surface area contributed by atoms with Crippen LogP contribution < -0.4 is 4.74 Å². The molecule has 148 valence electrons. The van der Waals surface area contributed by atoms with Crippen LogP contribution in [-0.2, 0) is 23.7 Å². The number of methoxy groups -OCH3 is 1. The minimum absolute atomic E-state index is 0.292. The van der Waals surface area contributed by atoms with Crippen molar-refractivity contribution < 1.29 is 33.2 Å². The molecule has 0 aromatic heterocycles. The molecule has 2 aromatic rings. The molecule has 0 aliphatic heterocycles. The Bertz CT molecular complexity index is 684. The third-order valence-electron chi connectivity index (χ3n) is 3.59. The summed E-state index contributed by atoms with van der Waals surface area (Å²) in [6, 6.07) is 13.1. The van der Waals surface area contributed by atoms with Crippen LogP contribution in [0.1, 0.15) is 6.92 Å². The van der Waals surface area contributed by atoms with Crippen molar-refractivity contribution >= 4 is 16.9 Å². The van der Waals surface area contributed by atoms with Gasteiger partial charge in [-0.15, -0.1) is 0 Å². The predicted molar refractivity (Wildman–Crippen MR) is 100.0 cm³/mol. The second-order valence-corrected chi connectivity index (χ2v) is 5.60. The van der Waals surface area contributed by atoms with Gasteiger partial charge in [0.05, 0.1) is 39.6 Å². The number of fused-ring (bicyclic) bond motifs is 1. The van der Waals surface area contributed by atoms with Gasteiger partial charge in [0.15, 0.2) is 0 Å². The van der Waals surface area contributed by atoms with Gasteiger partial charge in [0.25, 0.3) is 0 Å². The molecule has 0 amide bonds. The first kappa shape index (κ1) is 21.1. The van der Waals surface area contributed by atoms with Gasteiger partial charge in [0.1, 0.15) is 5.75 Å². The van der Waals surface area contributed by atoms with Crippen LogP contribution in [0.3, 0.4) is 0 Å². The number of hydrogen-bond acceptors (Lipinski definition) is 7. The number of benzene rings is 2. The summed E-state index contributed by atoms with van der Waals surface area (Å²) >= 11 is 0. The molecule has 7 nitrogen and oxygen atoms in total. The van der Waals surface area contributed by atoms with Gasteiger partial charge in [-0.3, -0.25) is 0 Å². The summed E-state index contributed by atoms with van der Waals surface area (Å²) in [6.07, 6.45) is -1.56. The van der Waals surface area contributed by atoms with Crippen LogP contribution in [0.5, 0.6) is 5.75 Å². The Kier molecular flexibility index (Phi) is 9.57. The lowest BCUT2D eigenvalue weighted by Gasteiger charge is -2.14. The Balaban J connectivity index is 1.61. The van der Waals surface area contributed by atoms with Crippen molar-refractivity contribution in [2.75, 3.05) is 46.8 Å². The van der Waals surface area contributed by atoms with Gasteiger partial charge < -0.3 is 28.4 Å². The predicted octanol–water partition coefficient (Wildman–Crippen LogP) is 3.40. The van der Waals surface area contributed by atoms with Crippen molar-refractivity contribution in [1.29, 1.82) is 0 Å². The molecule has 1 unspecified atom stereocenters. The van der Waals surface area contributed by atoms with Crippen LogP contribution in [0.2, 0.25) is 0 Å². The maximum atomic E-state index is 11.9. The highest BCUT2D eigenvalue weighted by Crippen LogP contribution is 2.25. The van der Waals surface area contributed by atoms with E-state index in [9.17, 15) is 4.79 Å². The summed E-state index contributed by atoms with van der Waals surface area (Å²) in [5.41, 5.74) is 0. The number of rotatable bonds is 12. The summed E-state index contributed by atoms with van der Waals surface area (Å²) < 4.78 is 31.2. The van der Waals surface area contributed by atoms with Crippen molar-refractivity contribution in [3.8, 4) is 5.75 Å². The highest BCUT2D eigenvalue weighted by Gasteiger charge is 2.13. The van der Waals surface area contributed by atoms with Gasteiger partial charge >= 0.3 is 6.16 Å². The van der Waals surface area contributed by atoms with Crippen molar-refractivity contribution in [2.24, 2.45) is 0 Å². The van der Waals surface area contributed by atoms with E-state index in [0.717, 1.165) is 10.8 Å². The van der Waals surface area contributed by atoms with E-state index in [2.05, 4.69) is 0 Å². The van der Waals surface area contributed by atoms with Crippen molar-refractivity contribution in [3.63, 3.8) is 0 Å². The molecule has 2 rings (SSSR count). The lowest BCUT2D eigenvalue weighted by Crippen LogP contribution is -2.22. The van der Waals surface area contributed by atoms with Crippen molar-refractivity contribution in [2.45, 2.75) is 13.2 Å². The van der Waals surface area contributed by atoms with Crippen molar-refractivity contribution in [3.05, 3.63) is 42.5 Å². The van der Waals surface area contributed by atoms with Crippen LogP contribution in [0, 0.1) is 0 Å². The number of hydrogen-bond donors (Lipinski definition) is 0. The Morgan fingerprint density at radius 3 is 2.33 bits per heavy atom. The third kappa shape index (κ3) is 7.92. The minimum Gasteiger partial charge on any atom is -0.404 e. The van der Waals surface area contributed by atoms with Gasteiger partial charge in [0, 0.05) is 12.5 Å². The second kappa shape index (κ2) is 12.2. The molecular formula is C20H26O7. The zero-order valence-electron chi connectivity index (χ0n) is 15.7. The molecule has 0 spiro atoms. The van der Waals surface area contributed by atoms with E-state index in [-0.39, 0.29) is 0 Å². The smallest absolute Gasteiger partial charge is 0.404 e. The largest absolute Gasteiger partial charge is 0.516 e. The van der Waals surface area contributed by atoms with Crippen LogP contribution in [0.15, 0.2) is 42.5 Å². The number of carbonyl (C=O) groups excluding carboxylic acids is 1. The summed E-state index contributed by atoms with van der Waals surface area (Å²) in [5.74, 6) is 0.446. The molecule has 0 aliphatic carbocycles. The zero-order chi connectivity index (χ0) is 19.3. The molecule has 0 saturated heterocycles. The quantitative estimate of drug-likeness (QED) is 0.243. The first-order valence-corrected chi connectivity index (χ1v) is 8.83. The molecule has 0 N–H and O–H groups in total. The lowest BCUT2D eigenvalue weighted by molar-refractivity contribution is -0.114. The second-order valence-electron chi connectivity index (χ2n) is 5.60. The Hall–Kier alpha value is -2.19. The molecule has 7 heteroatoms. The molecule has 0 aliphatic rings. The molecule has 1 atom stereocenters. The standard InChI is InChI=1S/C20H26O7/c1-16(25-15-14-24-13-12-23-11-10-22-2)26-20(21)27-19-9-5-7-17-6-3-4-8-18(17)19/h3-9,16H,10-15H2,1-2H3. The Labute approximate surface area is 159 Å².